The van der Waals surface area contributed by atoms with Crippen molar-refractivity contribution in [2.75, 3.05) is 54.5 Å². The van der Waals surface area contributed by atoms with E-state index in [1.165, 1.54) is 17.9 Å². The lowest BCUT2D eigenvalue weighted by Gasteiger charge is -2.39. The molecule has 4 rings (SSSR count). The number of piperidine rings is 1. The fourth-order valence-electron chi connectivity index (χ4n) is 4.14. The van der Waals surface area contributed by atoms with Crippen LogP contribution in [0, 0.1) is 5.92 Å². The van der Waals surface area contributed by atoms with Gasteiger partial charge in [-0.3, -0.25) is 9.69 Å². The van der Waals surface area contributed by atoms with E-state index in [0.29, 0.717) is 5.91 Å². The number of aromatic nitrogens is 1. The van der Waals surface area contributed by atoms with E-state index in [0.717, 1.165) is 56.6 Å². The van der Waals surface area contributed by atoms with Gasteiger partial charge in [0.1, 0.15) is 0 Å². The molecular formula is C18H26N4OS. The molecule has 0 spiro atoms. The number of nitrogens with zero attached hydrogens (tertiary/aromatic N) is 4. The molecule has 0 bridgehead atoms. The van der Waals surface area contributed by atoms with Crippen LogP contribution in [0.1, 0.15) is 19.3 Å². The van der Waals surface area contributed by atoms with Crippen molar-refractivity contribution >= 4 is 29.2 Å². The largest absolute Gasteiger partial charge is 0.356 e. The van der Waals surface area contributed by atoms with Crippen LogP contribution >= 0.6 is 11.8 Å². The van der Waals surface area contributed by atoms with Gasteiger partial charge in [-0.2, -0.15) is 11.8 Å². The Hall–Kier alpha value is -1.27. The highest BCUT2D eigenvalue weighted by atomic mass is 32.2. The van der Waals surface area contributed by atoms with Crippen LogP contribution in [0.4, 0.5) is 11.5 Å². The Morgan fingerprint density at radius 2 is 2.04 bits per heavy atom. The van der Waals surface area contributed by atoms with Crippen molar-refractivity contribution in [1.82, 2.24) is 9.88 Å². The smallest absolute Gasteiger partial charge is 0.230 e. The molecule has 0 aliphatic carbocycles. The van der Waals surface area contributed by atoms with Gasteiger partial charge in [0.15, 0.2) is 5.82 Å². The van der Waals surface area contributed by atoms with Crippen molar-refractivity contribution in [3.8, 4) is 0 Å². The highest BCUT2D eigenvalue weighted by Crippen LogP contribution is 2.33. The summed E-state index contributed by atoms with van der Waals surface area (Å²) in [4.78, 5) is 24.3. The summed E-state index contributed by atoms with van der Waals surface area (Å²) in [6, 6.07) is 4.71. The third-order valence-electron chi connectivity index (χ3n) is 5.64. The number of hydrogen-bond donors (Lipinski definition) is 0. The SMILES string of the molecule is CN1CCN(C(=O)C2CCN(C3CCSC3)CC2)c2cccnc21. The van der Waals surface area contributed by atoms with Gasteiger partial charge in [0.25, 0.3) is 0 Å². The highest BCUT2D eigenvalue weighted by Gasteiger charge is 2.34. The second kappa shape index (κ2) is 6.92. The number of thioether (sulfide) groups is 1. The molecule has 1 amide bonds. The number of carbonyl (C=O) groups excluding carboxylic acids is 1. The Morgan fingerprint density at radius 1 is 1.21 bits per heavy atom. The number of anilines is 2. The third kappa shape index (κ3) is 3.02. The molecule has 6 heteroatoms. The molecule has 0 aromatic carbocycles. The molecule has 1 aromatic heterocycles. The summed E-state index contributed by atoms with van der Waals surface area (Å²) in [7, 11) is 2.05. The second-order valence-corrected chi connectivity index (χ2v) is 8.24. The molecule has 0 saturated carbocycles. The summed E-state index contributed by atoms with van der Waals surface area (Å²) in [5.41, 5.74) is 0.978. The van der Waals surface area contributed by atoms with Crippen molar-refractivity contribution in [2.45, 2.75) is 25.3 Å². The predicted molar refractivity (Wildman–Crippen MR) is 99.9 cm³/mol. The van der Waals surface area contributed by atoms with Gasteiger partial charge in [-0.1, -0.05) is 0 Å². The summed E-state index contributed by atoms with van der Waals surface area (Å²) < 4.78 is 0. The van der Waals surface area contributed by atoms with Gasteiger partial charge in [-0.15, -0.1) is 0 Å². The van der Waals surface area contributed by atoms with Crippen LogP contribution in [0.15, 0.2) is 18.3 Å². The lowest BCUT2D eigenvalue weighted by molar-refractivity contribution is -0.124. The average Bonchev–Trinajstić information content (AvgIpc) is 3.17. The molecule has 4 heterocycles. The minimum Gasteiger partial charge on any atom is -0.356 e. The highest BCUT2D eigenvalue weighted by molar-refractivity contribution is 7.99. The first kappa shape index (κ1) is 16.2. The van der Waals surface area contributed by atoms with E-state index in [-0.39, 0.29) is 5.92 Å². The standard InChI is InChI=1S/C18H26N4OS/c1-20-10-11-22(16-3-2-7-19-17(16)20)18(23)14-4-8-21(9-5-14)15-6-12-24-13-15/h2-3,7,14-15H,4-6,8-13H2,1H3. The van der Waals surface area contributed by atoms with E-state index in [1.54, 1.807) is 6.20 Å². The Morgan fingerprint density at radius 3 is 2.79 bits per heavy atom. The molecule has 2 fully saturated rings. The maximum atomic E-state index is 13.1. The van der Waals surface area contributed by atoms with Crippen LogP contribution in [-0.4, -0.2) is 66.6 Å². The van der Waals surface area contributed by atoms with Crippen LogP contribution in [0.2, 0.25) is 0 Å². The second-order valence-electron chi connectivity index (χ2n) is 7.09. The number of amides is 1. The monoisotopic (exact) mass is 346 g/mol. The van der Waals surface area contributed by atoms with E-state index < -0.39 is 0 Å². The van der Waals surface area contributed by atoms with Crippen molar-refractivity contribution in [3.63, 3.8) is 0 Å². The first-order valence-electron chi connectivity index (χ1n) is 9.03. The molecule has 1 aromatic rings. The van der Waals surface area contributed by atoms with E-state index in [4.69, 9.17) is 0 Å². The molecule has 1 atom stereocenters. The van der Waals surface area contributed by atoms with Crippen molar-refractivity contribution < 1.29 is 4.79 Å². The van der Waals surface area contributed by atoms with E-state index >= 15 is 0 Å². The fourth-order valence-corrected chi connectivity index (χ4v) is 5.40. The maximum Gasteiger partial charge on any atom is 0.230 e. The van der Waals surface area contributed by atoms with Gasteiger partial charge >= 0.3 is 0 Å². The topological polar surface area (TPSA) is 39.7 Å². The van der Waals surface area contributed by atoms with Gasteiger partial charge in [0.05, 0.1) is 5.69 Å². The zero-order valence-corrected chi connectivity index (χ0v) is 15.2. The summed E-state index contributed by atoms with van der Waals surface area (Å²) in [6.07, 6.45) is 5.13. The molecule has 0 N–H and O–H groups in total. The van der Waals surface area contributed by atoms with E-state index in [2.05, 4.69) is 26.5 Å². The molecule has 2 saturated heterocycles. The molecule has 1 unspecified atom stereocenters. The first-order chi connectivity index (χ1) is 11.7. The lowest BCUT2D eigenvalue weighted by Crippen LogP contribution is -2.49. The van der Waals surface area contributed by atoms with Gasteiger partial charge < -0.3 is 9.80 Å². The molecule has 3 aliphatic heterocycles. The Balaban J connectivity index is 1.43. The number of likely N-dealkylation sites (N-methyl/N-ethyl adjacent to an activating group) is 1. The number of fused-ring (bicyclic) bond motifs is 1. The summed E-state index contributed by atoms with van der Waals surface area (Å²) in [5.74, 6) is 3.98. The predicted octanol–water partition coefficient (Wildman–Crippen LogP) is 2.08. The van der Waals surface area contributed by atoms with Crippen molar-refractivity contribution in [3.05, 3.63) is 18.3 Å². The quantitative estimate of drug-likeness (QED) is 0.820. The zero-order valence-electron chi connectivity index (χ0n) is 14.4. The van der Waals surface area contributed by atoms with Gasteiger partial charge in [-0.25, -0.2) is 4.98 Å². The number of hydrogen-bond acceptors (Lipinski definition) is 5. The van der Waals surface area contributed by atoms with Crippen LogP contribution in [0.5, 0.6) is 0 Å². The number of pyridine rings is 1. The molecular weight excluding hydrogens is 320 g/mol. The molecule has 5 nitrogen and oxygen atoms in total. The minimum atomic E-state index is 0.173. The number of carbonyl (C=O) groups is 1. The summed E-state index contributed by atoms with van der Waals surface area (Å²) in [6.45, 7) is 3.78. The number of likely N-dealkylation sites (tertiary alicyclic amines) is 1. The van der Waals surface area contributed by atoms with Gasteiger partial charge in [0, 0.05) is 44.0 Å². The zero-order chi connectivity index (χ0) is 16.5. The van der Waals surface area contributed by atoms with Crippen LogP contribution in [-0.2, 0) is 4.79 Å². The van der Waals surface area contributed by atoms with Gasteiger partial charge in [-0.05, 0) is 50.2 Å². The van der Waals surface area contributed by atoms with Crippen molar-refractivity contribution in [2.24, 2.45) is 5.92 Å². The summed E-state index contributed by atoms with van der Waals surface area (Å²) in [5, 5.41) is 0. The number of rotatable bonds is 2. The maximum absolute atomic E-state index is 13.1. The van der Waals surface area contributed by atoms with Crippen LogP contribution < -0.4 is 9.80 Å². The Kier molecular flexibility index (Phi) is 4.68. The van der Waals surface area contributed by atoms with E-state index in [9.17, 15) is 4.79 Å². The Bertz CT molecular complexity index is 596. The minimum absolute atomic E-state index is 0.173. The molecule has 130 valence electrons. The Labute approximate surface area is 148 Å². The molecule has 24 heavy (non-hydrogen) atoms. The van der Waals surface area contributed by atoms with Crippen LogP contribution in [0.3, 0.4) is 0 Å². The fraction of sp³-hybridized carbons (Fsp3) is 0.667. The normalized spacial score (nSPS) is 25.8. The van der Waals surface area contributed by atoms with Crippen LogP contribution in [0.25, 0.3) is 0 Å². The first-order valence-corrected chi connectivity index (χ1v) is 10.2. The summed E-state index contributed by atoms with van der Waals surface area (Å²) >= 11 is 2.07. The van der Waals surface area contributed by atoms with Gasteiger partial charge in [0.2, 0.25) is 5.91 Å². The molecule has 3 aliphatic rings. The van der Waals surface area contributed by atoms with Crippen molar-refractivity contribution in [1.29, 1.82) is 0 Å². The molecule has 0 radical (unpaired) electrons. The van der Waals surface area contributed by atoms with E-state index in [1.807, 2.05) is 24.1 Å². The lowest BCUT2D eigenvalue weighted by atomic mass is 9.93. The average molecular weight is 347 g/mol. The third-order valence-corrected chi connectivity index (χ3v) is 6.79.